The third-order valence-corrected chi connectivity index (χ3v) is 4.33. The topological polar surface area (TPSA) is 88.6 Å². The molecule has 0 atom stereocenters. The van der Waals surface area contributed by atoms with Gasteiger partial charge in [-0.05, 0) is 24.6 Å². The highest BCUT2D eigenvalue weighted by molar-refractivity contribution is 6.04. The minimum absolute atomic E-state index is 0.279. The Balaban J connectivity index is 1.53. The number of benzene rings is 1. The Hall–Kier alpha value is -2.71. The average molecular weight is 371 g/mol. The van der Waals surface area contributed by atoms with Crippen LogP contribution in [0.15, 0.2) is 30.6 Å². The molecule has 1 aliphatic heterocycles. The van der Waals surface area contributed by atoms with Crippen molar-refractivity contribution in [1.29, 1.82) is 0 Å². The van der Waals surface area contributed by atoms with E-state index >= 15 is 0 Å². The zero-order valence-corrected chi connectivity index (χ0v) is 15.7. The van der Waals surface area contributed by atoms with E-state index in [0.717, 1.165) is 45.0 Å². The fourth-order valence-corrected chi connectivity index (χ4v) is 2.80. The third kappa shape index (κ3) is 5.38. The molecule has 8 heteroatoms. The van der Waals surface area contributed by atoms with E-state index in [1.807, 2.05) is 25.1 Å². The summed E-state index contributed by atoms with van der Waals surface area (Å²) < 4.78 is 10.6. The van der Waals surface area contributed by atoms with Crippen molar-refractivity contribution in [2.75, 3.05) is 57.1 Å². The average Bonchev–Trinajstić information content (AvgIpc) is 2.69. The predicted molar refractivity (Wildman–Crippen MR) is 103 cm³/mol. The van der Waals surface area contributed by atoms with Crippen molar-refractivity contribution in [3.05, 3.63) is 41.7 Å². The van der Waals surface area contributed by atoms with Crippen LogP contribution in [0.3, 0.4) is 0 Å². The molecular weight excluding hydrogens is 346 g/mol. The Morgan fingerprint density at radius 2 is 2.00 bits per heavy atom. The van der Waals surface area contributed by atoms with Gasteiger partial charge < -0.3 is 20.1 Å². The fraction of sp³-hybridized carbons (Fsp3) is 0.421. The van der Waals surface area contributed by atoms with E-state index in [2.05, 4.69) is 25.5 Å². The molecule has 0 saturated carbocycles. The summed E-state index contributed by atoms with van der Waals surface area (Å²) in [7, 11) is 1.57. The van der Waals surface area contributed by atoms with Crippen LogP contribution in [0.4, 0.5) is 11.6 Å². The molecule has 1 aliphatic rings. The summed E-state index contributed by atoms with van der Waals surface area (Å²) in [5, 5.41) is 6.02. The highest BCUT2D eigenvalue weighted by Crippen LogP contribution is 2.25. The van der Waals surface area contributed by atoms with Gasteiger partial charge in [-0.3, -0.25) is 9.69 Å². The first kappa shape index (κ1) is 19.1. The Labute approximate surface area is 158 Å². The maximum atomic E-state index is 12.4. The normalized spacial score (nSPS) is 14.6. The number of amides is 1. The number of morpholine rings is 1. The van der Waals surface area contributed by atoms with E-state index in [4.69, 9.17) is 9.47 Å². The molecule has 1 amide bonds. The van der Waals surface area contributed by atoms with Gasteiger partial charge in [-0.25, -0.2) is 9.97 Å². The van der Waals surface area contributed by atoms with Crippen LogP contribution in [0.5, 0.6) is 5.75 Å². The fourth-order valence-electron chi connectivity index (χ4n) is 2.80. The lowest BCUT2D eigenvalue weighted by atomic mass is 10.2. The molecule has 1 aromatic carbocycles. The van der Waals surface area contributed by atoms with Crippen LogP contribution in [0.25, 0.3) is 0 Å². The van der Waals surface area contributed by atoms with E-state index in [0.29, 0.717) is 22.9 Å². The summed E-state index contributed by atoms with van der Waals surface area (Å²) in [5.41, 5.74) is 2.04. The summed E-state index contributed by atoms with van der Waals surface area (Å²) in [5.74, 6) is 0.836. The summed E-state index contributed by atoms with van der Waals surface area (Å²) in [4.78, 5) is 23.2. The quantitative estimate of drug-likeness (QED) is 0.767. The van der Waals surface area contributed by atoms with Gasteiger partial charge in [0.1, 0.15) is 5.75 Å². The zero-order valence-electron chi connectivity index (χ0n) is 15.7. The molecular formula is C19H25N5O3. The number of nitrogens with one attached hydrogen (secondary N) is 2. The SMILES string of the molecule is COc1ccc(C)cc1NC(=O)c1cnc(NCCN2CCOCC2)nc1. The number of ether oxygens (including phenoxy) is 2. The van der Waals surface area contributed by atoms with Gasteiger partial charge in [0.15, 0.2) is 0 Å². The lowest BCUT2D eigenvalue weighted by Gasteiger charge is -2.26. The number of anilines is 2. The highest BCUT2D eigenvalue weighted by Gasteiger charge is 2.12. The monoisotopic (exact) mass is 371 g/mol. The highest BCUT2D eigenvalue weighted by atomic mass is 16.5. The Morgan fingerprint density at radius 1 is 1.26 bits per heavy atom. The summed E-state index contributed by atoms with van der Waals surface area (Å²) in [6.07, 6.45) is 3.03. The molecule has 2 aromatic rings. The van der Waals surface area contributed by atoms with E-state index in [1.54, 1.807) is 7.11 Å². The molecule has 0 unspecified atom stereocenters. The maximum Gasteiger partial charge on any atom is 0.258 e. The molecule has 144 valence electrons. The standard InChI is InChI=1S/C19H25N5O3/c1-14-3-4-17(26-2)16(11-14)23-18(25)15-12-21-19(22-13-15)20-5-6-24-7-9-27-10-8-24/h3-4,11-13H,5-10H2,1-2H3,(H,23,25)(H,20,21,22). The van der Waals surface area contributed by atoms with Crippen molar-refractivity contribution in [1.82, 2.24) is 14.9 Å². The van der Waals surface area contributed by atoms with E-state index in [9.17, 15) is 4.79 Å². The summed E-state index contributed by atoms with van der Waals surface area (Å²) in [6.45, 7) is 7.07. The number of carbonyl (C=O) groups is 1. The lowest BCUT2D eigenvalue weighted by molar-refractivity contribution is 0.0398. The van der Waals surface area contributed by atoms with Crippen LogP contribution in [0.2, 0.25) is 0 Å². The van der Waals surface area contributed by atoms with Crippen molar-refractivity contribution >= 4 is 17.5 Å². The van der Waals surface area contributed by atoms with Gasteiger partial charge >= 0.3 is 0 Å². The van der Waals surface area contributed by atoms with Crippen LogP contribution < -0.4 is 15.4 Å². The molecule has 0 radical (unpaired) electrons. The first-order valence-corrected chi connectivity index (χ1v) is 8.98. The number of aryl methyl sites for hydroxylation is 1. The van der Waals surface area contributed by atoms with Crippen LogP contribution in [0.1, 0.15) is 15.9 Å². The molecule has 27 heavy (non-hydrogen) atoms. The van der Waals surface area contributed by atoms with Crippen LogP contribution in [0, 0.1) is 6.92 Å². The lowest BCUT2D eigenvalue weighted by Crippen LogP contribution is -2.39. The van der Waals surface area contributed by atoms with E-state index < -0.39 is 0 Å². The van der Waals surface area contributed by atoms with E-state index in [1.165, 1.54) is 12.4 Å². The molecule has 0 aliphatic carbocycles. The van der Waals surface area contributed by atoms with Crippen molar-refractivity contribution in [3.63, 3.8) is 0 Å². The first-order chi connectivity index (χ1) is 13.2. The van der Waals surface area contributed by atoms with Crippen molar-refractivity contribution in [2.45, 2.75) is 6.92 Å². The Bertz CT molecular complexity index is 760. The van der Waals surface area contributed by atoms with Crippen molar-refractivity contribution in [2.24, 2.45) is 0 Å². The van der Waals surface area contributed by atoms with Gasteiger partial charge in [-0.15, -0.1) is 0 Å². The summed E-state index contributed by atoms with van der Waals surface area (Å²) in [6, 6.07) is 5.61. The number of rotatable bonds is 7. The van der Waals surface area contributed by atoms with Gasteiger partial charge in [0, 0.05) is 38.6 Å². The second kappa shape index (κ2) is 9.29. The van der Waals surface area contributed by atoms with Crippen molar-refractivity contribution in [3.8, 4) is 5.75 Å². The molecule has 3 rings (SSSR count). The maximum absolute atomic E-state index is 12.4. The molecule has 2 heterocycles. The second-order valence-corrected chi connectivity index (χ2v) is 6.33. The number of methoxy groups -OCH3 is 1. The Kier molecular flexibility index (Phi) is 6.56. The minimum atomic E-state index is -0.279. The second-order valence-electron chi connectivity index (χ2n) is 6.33. The molecule has 1 saturated heterocycles. The van der Waals surface area contributed by atoms with Gasteiger partial charge in [-0.2, -0.15) is 0 Å². The number of hydrogen-bond acceptors (Lipinski definition) is 7. The number of hydrogen-bond donors (Lipinski definition) is 2. The van der Waals surface area contributed by atoms with Gasteiger partial charge in [-0.1, -0.05) is 6.07 Å². The summed E-state index contributed by atoms with van der Waals surface area (Å²) >= 11 is 0. The molecule has 0 spiro atoms. The molecule has 8 nitrogen and oxygen atoms in total. The van der Waals surface area contributed by atoms with Gasteiger partial charge in [0.2, 0.25) is 5.95 Å². The molecule has 2 N–H and O–H groups in total. The van der Waals surface area contributed by atoms with Gasteiger partial charge in [0.05, 0.1) is 31.6 Å². The minimum Gasteiger partial charge on any atom is -0.495 e. The zero-order chi connectivity index (χ0) is 19.1. The molecule has 0 bridgehead atoms. The first-order valence-electron chi connectivity index (χ1n) is 8.98. The van der Waals surface area contributed by atoms with Crippen molar-refractivity contribution < 1.29 is 14.3 Å². The molecule has 1 fully saturated rings. The Morgan fingerprint density at radius 3 is 2.70 bits per heavy atom. The third-order valence-electron chi connectivity index (χ3n) is 4.33. The number of aromatic nitrogens is 2. The van der Waals surface area contributed by atoms with Gasteiger partial charge in [0.25, 0.3) is 5.91 Å². The predicted octanol–water partition coefficient (Wildman–Crippen LogP) is 1.79. The smallest absolute Gasteiger partial charge is 0.258 e. The largest absolute Gasteiger partial charge is 0.495 e. The molecule has 1 aromatic heterocycles. The van der Waals surface area contributed by atoms with Crippen LogP contribution in [-0.2, 0) is 4.74 Å². The number of carbonyl (C=O) groups excluding carboxylic acids is 1. The van der Waals surface area contributed by atoms with Crippen LogP contribution in [-0.4, -0.2) is 67.3 Å². The van der Waals surface area contributed by atoms with E-state index in [-0.39, 0.29) is 5.91 Å². The van der Waals surface area contributed by atoms with Crippen LogP contribution >= 0.6 is 0 Å². The number of nitrogens with zero attached hydrogens (tertiary/aromatic N) is 3.